The van der Waals surface area contributed by atoms with Gasteiger partial charge in [0.1, 0.15) is 5.75 Å². The van der Waals surface area contributed by atoms with Gasteiger partial charge in [0.2, 0.25) is 0 Å². The quantitative estimate of drug-likeness (QED) is 0.711. The van der Waals surface area contributed by atoms with Gasteiger partial charge in [-0.1, -0.05) is 39.7 Å². The van der Waals surface area contributed by atoms with Crippen molar-refractivity contribution >= 4 is 39.2 Å². The predicted octanol–water partition coefficient (Wildman–Crippen LogP) is 5.38. The van der Waals surface area contributed by atoms with Gasteiger partial charge in [0, 0.05) is 4.47 Å². The Hall–Kier alpha value is -1.72. The maximum absolute atomic E-state index is 12.1. The summed E-state index contributed by atoms with van der Waals surface area (Å²) in [5.41, 5.74) is 1.55. The third-order valence-corrected chi connectivity index (χ3v) is 4.02. The highest BCUT2D eigenvalue weighted by Crippen LogP contribution is 2.25. The lowest BCUT2D eigenvalue weighted by molar-refractivity contribution is 0.249. The number of nitrogens with one attached hydrogen (secondary N) is 2. The fourth-order valence-electron chi connectivity index (χ4n) is 2.05. The van der Waals surface area contributed by atoms with Crippen LogP contribution in [0.2, 0.25) is 5.02 Å². The molecular formula is C17H18BrClN2O2. The van der Waals surface area contributed by atoms with Crippen molar-refractivity contribution in [1.82, 2.24) is 5.32 Å². The molecule has 0 aliphatic rings. The van der Waals surface area contributed by atoms with Crippen LogP contribution in [-0.4, -0.2) is 12.6 Å². The molecule has 0 radical (unpaired) electrons. The van der Waals surface area contributed by atoms with Gasteiger partial charge in [-0.05, 0) is 49.7 Å². The minimum Gasteiger partial charge on any atom is -0.494 e. The molecule has 4 nitrogen and oxygen atoms in total. The summed E-state index contributed by atoms with van der Waals surface area (Å²) in [6.07, 6.45) is 0. The topological polar surface area (TPSA) is 50.4 Å². The molecule has 122 valence electrons. The van der Waals surface area contributed by atoms with E-state index in [1.807, 2.05) is 44.2 Å². The number of hydrogen-bond acceptors (Lipinski definition) is 2. The molecule has 0 saturated heterocycles. The molecule has 2 N–H and O–H groups in total. The minimum atomic E-state index is -0.310. The molecule has 2 aromatic carbocycles. The van der Waals surface area contributed by atoms with Crippen molar-refractivity contribution in [3.63, 3.8) is 0 Å². The van der Waals surface area contributed by atoms with Crippen molar-refractivity contribution in [2.45, 2.75) is 19.9 Å². The molecule has 0 aliphatic heterocycles. The summed E-state index contributed by atoms with van der Waals surface area (Å²) in [6.45, 7) is 4.48. The normalized spacial score (nSPS) is 11.7. The number of hydrogen-bond donors (Lipinski definition) is 2. The van der Waals surface area contributed by atoms with E-state index in [-0.39, 0.29) is 12.1 Å². The van der Waals surface area contributed by atoms with Crippen molar-refractivity contribution in [1.29, 1.82) is 0 Å². The molecule has 0 aromatic heterocycles. The van der Waals surface area contributed by atoms with Crippen LogP contribution in [0.3, 0.4) is 0 Å². The highest BCUT2D eigenvalue weighted by Gasteiger charge is 2.11. The van der Waals surface area contributed by atoms with Crippen LogP contribution in [0.15, 0.2) is 46.9 Å². The number of carbonyl (C=O) groups is 1. The molecule has 1 atom stereocenters. The monoisotopic (exact) mass is 396 g/mol. The molecule has 23 heavy (non-hydrogen) atoms. The smallest absolute Gasteiger partial charge is 0.319 e. The van der Waals surface area contributed by atoms with E-state index in [1.165, 1.54) is 0 Å². The molecule has 0 spiro atoms. The second-order valence-corrected chi connectivity index (χ2v) is 6.27. The standard InChI is InChI=1S/C17H18BrClN2O2/c1-3-23-14-7-4-12(5-8-14)11(2)20-17(22)21-16-9-6-13(18)10-15(16)19/h4-11H,3H2,1-2H3,(H2,20,21,22)/t11-/m0/s1. The van der Waals surface area contributed by atoms with Crippen molar-refractivity contribution < 1.29 is 9.53 Å². The second kappa shape index (κ2) is 8.22. The Morgan fingerprint density at radius 2 is 1.96 bits per heavy atom. The fourth-order valence-corrected chi connectivity index (χ4v) is 2.77. The second-order valence-electron chi connectivity index (χ2n) is 4.95. The summed E-state index contributed by atoms with van der Waals surface area (Å²) in [7, 11) is 0. The van der Waals surface area contributed by atoms with E-state index in [9.17, 15) is 4.79 Å². The Morgan fingerprint density at radius 1 is 1.26 bits per heavy atom. The van der Waals surface area contributed by atoms with Gasteiger partial charge in [-0.3, -0.25) is 0 Å². The molecule has 0 unspecified atom stereocenters. The molecule has 0 bridgehead atoms. The highest BCUT2D eigenvalue weighted by molar-refractivity contribution is 9.10. The van der Waals surface area contributed by atoms with Gasteiger partial charge in [0.15, 0.2) is 0 Å². The lowest BCUT2D eigenvalue weighted by Crippen LogP contribution is -2.31. The van der Waals surface area contributed by atoms with E-state index < -0.39 is 0 Å². The summed E-state index contributed by atoms with van der Waals surface area (Å²) in [5.74, 6) is 0.814. The van der Waals surface area contributed by atoms with Crippen LogP contribution in [0, 0.1) is 0 Å². The van der Waals surface area contributed by atoms with Crippen molar-refractivity contribution in [2.24, 2.45) is 0 Å². The van der Waals surface area contributed by atoms with Crippen LogP contribution in [0.25, 0.3) is 0 Å². The van der Waals surface area contributed by atoms with Crippen LogP contribution in [-0.2, 0) is 0 Å². The number of anilines is 1. The van der Waals surface area contributed by atoms with E-state index >= 15 is 0 Å². The maximum atomic E-state index is 12.1. The first kappa shape index (κ1) is 17.6. The number of rotatable bonds is 5. The van der Waals surface area contributed by atoms with Crippen LogP contribution >= 0.6 is 27.5 Å². The van der Waals surface area contributed by atoms with Gasteiger partial charge in [-0.15, -0.1) is 0 Å². The summed E-state index contributed by atoms with van der Waals surface area (Å²) < 4.78 is 6.26. The van der Waals surface area contributed by atoms with Crippen LogP contribution in [0.5, 0.6) is 5.75 Å². The number of amides is 2. The number of urea groups is 1. The van der Waals surface area contributed by atoms with Gasteiger partial charge >= 0.3 is 6.03 Å². The van der Waals surface area contributed by atoms with Crippen molar-refractivity contribution in [3.05, 3.63) is 57.5 Å². The predicted molar refractivity (Wildman–Crippen MR) is 97.3 cm³/mol. The zero-order valence-corrected chi connectivity index (χ0v) is 15.2. The maximum Gasteiger partial charge on any atom is 0.319 e. The first-order chi connectivity index (χ1) is 11.0. The van der Waals surface area contributed by atoms with Crippen LogP contribution in [0.4, 0.5) is 10.5 Å². The molecule has 0 fully saturated rings. The Balaban J connectivity index is 1.96. The average Bonchev–Trinajstić information content (AvgIpc) is 2.51. The first-order valence-corrected chi connectivity index (χ1v) is 8.42. The lowest BCUT2D eigenvalue weighted by Gasteiger charge is -2.16. The van der Waals surface area contributed by atoms with E-state index in [0.29, 0.717) is 17.3 Å². The third kappa shape index (κ3) is 5.15. The largest absolute Gasteiger partial charge is 0.494 e. The van der Waals surface area contributed by atoms with Gasteiger partial charge in [0.05, 0.1) is 23.4 Å². The summed E-state index contributed by atoms with van der Waals surface area (Å²) in [6, 6.07) is 12.5. The molecular weight excluding hydrogens is 380 g/mol. The fraction of sp³-hybridized carbons (Fsp3) is 0.235. The van der Waals surface area contributed by atoms with Crippen molar-refractivity contribution in [3.8, 4) is 5.75 Å². The molecule has 2 rings (SSSR count). The summed E-state index contributed by atoms with van der Waals surface area (Å²) >= 11 is 9.42. The number of carbonyl (C=O) groups excluding carboxylic acids is 1. The summed E-state index contributed by atoms with van der Waals surface area (Å²) in [4.78, 5) is 12.1. The van der Waals surface area contributed by atoms with E-state index in [4.69, 9.17) is 16.3 Å². The summed E-state index contributed by atoms with van der Waals surface area (Å²) in [5, 5.41) is 6.09. The van der Waals surface area contributed by atoms with E-state index in [0.717, 1.165) is 15.8 Å². The molecule has 2 amide bonds. The van der Waals surface area contributed by atoms with E-state index in [2.05, 4.69) is 26.6 Å². The van der Waals surface area contributed by atoms with Crippen LogP contribution in [0.1, 0.15) is 25.5 Å². The van der Waals surface area contributed by atoms with Crippen LogP contribution < -0.4 is 15.4 Å². The third-order valence-electron chi connectivity index (χ3n) is 3.22. The first-order valence-electron chi connectivity index (χ1n) is 7.25. The zero-order valence-electron chi connectivity index (χ0n) is 12.9. The zero-order chi connectivity index (χ0) is 16.8. The number of halogens is 2. The molecule has 0 heterocycles. The molecule has 2 aromatic rings. The van der Waals surface area contributed by atoms with E-state index in [1.54, 1.807) is 12.1 Å². The average molecular weight is 398 g/mol. The van der Waals surface area contributed by atoms with Crippen molar-refractivity contribution in [2.75, 3.05) is 11.9 Å². The SMILES string of the molecule is CCOc1ccc([C@H](C)NC(=O)Nc2ccc(Br)cc2Cl)cc1. The Morgan fingerprint density at radius 3 is 2.57 bits per heavy atom. The Bertz CT molecular complexity index is 677. The number of benzene rings is 2. The van der Waals surface area contributed by atoms with Gasteiger partial charge in [0.25, 0.3) is 0 Å². The molecule has 0 aliphatic carbocycles. The van der Waals surface area contributed by atoms with Gasteiger partial charge in [-0.2, -0.15) is 0 Å². The van der Waals surface area contributed by atoms with Gasteiger partial charge in [-0.25, -0.2) is 4.79 Å². The lowest BCUT2D eigenvalue weighted by atomic mass is 10.1. The van der Waals surface area contributed by atoms with Gasteiger partial charge < -0.3 is 15.4 Å². The Labute approximate surface area is 149 Å². The molecule has 6 heteroatoms. The Kier molecular flexibility index (Phi) is 6.30. The number of ether oxygens (including phenoxy) is 1. The molecule has 0 saturated carbocycles. The highest BCUT2D eigenvalue weighted by atomic mass is 79.9. The minimum absolute atomic E-state index is 0.139.